The number of aliphatic hydroxyl groups is 1. The number of nitrogens with one attached hydrogen (secondary N) is 1. The largest absolute Gasteiger partial charge is 0.393 e. The molecule has 4 heteroatoms. The van der Waals surface area contributed by atoms with Crippen molar-refractivity contribution in [3.8, 4) is 0 Å². The van der Waals surface area contributed by atoms with E-state index in [4.69, 9.17) is 11.1 Å². The van der Waals surface area contributed by atoms with Crippen molar-refractivity contribution >= 4 is 5.84 Å². The Morgan fingerprint density at radius 1 is 1.50 bits per heavy atom. The summed E-state index contributed by atoms with van der Waals surface area (Å²) in [4.78, 5) is 2.24. The van der Waals surface area contributed by atoms with Crippen molar-refractivity contribution in [2.24, 2.45) is 5.73 Å². The lowest BCUT2D eigenvalue weighted by Crippen LogP contribution is -2.37. The molecule has 4 N–H and O–H groups in total. The normalized spacial score (nSPS) is 21.1. The first-order valence-electron chi connectivity index (χ1n) is 4.42. The number of aliphatic hydroxyl groups excluding tert-OH is 1. The van der Waals surface area contributed by atoms with Crippen LogP contribution in [0.4, 0.5) is 0 Å². The third kappa shape index (κ3) is 3.19. The minimum absolute atomic E-state index is 0.112. The molecule has 0 amide bonds. The highest BCUT2D eigenvalue weighted by atomic mass is 16.3. The highest BCUT2D eigenvalue weighted by Gasteiger charge is 2.16. The molecule has 1 fully saturated rings. The van der Waals surface area contributed by atoms with E-state index in [9.17, 15) is 5.11 Å². The van der Waals surface area contributed by atoms with Crippen LogP contribution < -0.4 is 5.73 Å². The van der Waals surface area contributed by atoms with E-state index in [0.29, 0.717) is 6.42 Å². The van der Waals surface area contributed by atoms with E-state index < -0.39 is 0 Å². The van der Waals surface area contributed by atoms with Gasteiger partial charge in [0.15, 0.2) is 0 Å². The van der Waals surface area contributed by atoms with Crippen LogP contribution in [0.2, 0.25) is 0 Å². The highest BCUT2D eigenvalue weighted by molar-refractivity contribution is 5.76. The summed E-state index contributed by atoms with van der Waals surface area (Å²) in [5, 5.41) is 16.3. The Labute approximate surface area is 72.9 Å². The second kappa shape index (κ2) is 4.42. The molecular formula is C8H17N3O. The zero-order chi connectivity index (χ0) is 8.97. The fourth-order valence-electron chi connectivity index (χ4n) is 1.42. The van der Waals surface area contributed by atoms with Crippen LogP contribution in [0, 0.1) is 5.41 Å². The van der Waals surface area contributed by atoms with Crippen LogP contribution in [0.1, 0.15) is 19.3 Å². The van der Waals surface area contributed by atoms with Gasteiger partial charge >= 0.3 is 0 Å². The molecule has 0 aromatic carbocycles. The van der Waals surface area contributed by atoms with Crippen LogP contribution >= 0.6 is 0 Å². The summed E-state index contributed by atoms with van der Waals surface area (Å²) in [5.41, 5.74) is 5.24. The van der Waals surface area contributed by atoms with E-state index in [1.165, 1.54) is 0 Å². The van der Waals surface area contributed by atoms with E-state index in [1.54, 1.807) is 0 Å². The van der Waals surface area contributed by atoms with Gasteiger partial charge in [0.2, 0.25) is 0 Å². The van der Waals surface area contributed by atoms with Crippen LogP contribution in [-0.4, -0.2) is 41.6 Å². The molecule has 0 saturated carbocycles. The van der Waals surface area contributed by atoms with Crippen molar-refractivity contribution in [3.05, 3.63) is 0 Å². The molecular weight excluding hydrogens is 154 g/mol. The Hall–Kier alpha value is -0.610. The minimum atomic E-state index is -0.112. The van der Waals surface area contributed by atoms with E-state index in [0.717, 1.165) is 32.5 Å². The number of amidine groups is 1. The Morgan fingerprint density at radius 2 is 2.08 bits per heavy atom. The molecule has 1 heterocycles. The Kier molecular flexibility index (Phi) is 3.49. The van der Waals surface area contributed by atoms with Gasteiger partial charge in [-0.25, -0.2) is 0 Å². The molecule has 4 nitrogen and oxygen atoms in total. The van der Waals surface area contributed by atoms with E-state index in [-0.39, 0.29) is 11.9 Å². The van der Waals surface area contributed by atoms with Gasteiger partial charge in [0.1, 0.15) is 0 Å². The van der Waals surface area contributed by atoms with Crippen molar-refractivity contribution < 1.29 is 5.11 Å². The van der Waals surface area contributed by atoms with Crippen molar-refractivity contribution in [1.82, 2.24) is 4.90 Å². The summed E-state index contributed by atoms with van der Waals surface area (Å²) in [6, 6.07) is 0. The van der Waals surface area contributed by atoms with E-state index in [2.05, 4.69) is 4.90 Å². The summed E-state index contributed by atoms with van der Waals surface area (Å²) < 4.78 is 0. The topological polar surface area (TPSA) is 73.3 Å². The van der Waals surface area contributed by atoms with Crippen LogP contribution in [0.5, 0.6) is 0 Å². The molecule has 1 aliphatic heterocycles. The summed E-state index contributed by atoms with van der Waals surface area (Å²) in [6.07, 6.45) is 2.25. The molecule has 0 unspecified atom stereocenters. The number of nitrogens with two attached hydrogens (primary N) is 1. The molecule has 0 atom stereocenters. The lowest BCUT2D eigenvalue weighted by molar-refractivity contribution is 0.0839. The smallest absolute Gasteiger partial charge is 0.0918 e. The summed E-state index contributed by atoms with van der Waals surface area (Å²) >= 11 is 0. The molecule has 70 valence electrons. The average molecular weight is 171 g/mol. The van der Waals surface area contributed by atoms with Crippen molar-refractivity contribution in [2.75, 3.05) is 19.6 Å². The third-order valence-electron chi connectivity index (χ3n) is 2.25. The third-order valence-corrected chi connectivity index (χ3v) is 2.25. The number of hydrogen-bond acceptors (Lipinski definition) is 3. The first kappa shape index (κ1) is 9.48. The van der Waals surface area contributed by atoms with Crippen LogP contribution in [0.25, 0.3) is 0 Å². The SMILES string of the molecule is N=C(N)CCN1CCC(O)CC1. The van der Waals surface area contributed by atoms with E-state index in [1.807, 2.05) is 0 Å². The van der Waals surface area contributed by atoms with Gasteiger partial charge in [-0.2, -0.15) is 0 Å². The first-order valence-corrected chi connectivity index (χ1v) is 4.42. The van der Waals surface area contributed by atoms with Crippen molar-refractivity contribution in [1.29, 1.82) is 5.41 Å². The zero-order valence-corrected chi connectivity index (χ0v) is 7.29. The van der Waals surface area contributed by atoms with Gasteiger partial charge in [0.25, 0.3) is 0 Å². The number of likely N-dealkylation sites (tertiary alicyclic amines) is 1. The first-order chi connectivity index (χ1) is 5.68. The fraction of sp³-hybridized carbons (Fsp3) is 0.875. The maximum atomic E-state index is 9.21. The van der Waals surface area contributed by atoms with Gasteiger partial charge in [-0.05, 0) is 12.8 Å². The molecule has 0 bridgehead atoms. The van der Waals surface area contributed by atoms with Gasteiger partial charge in [0, 0.05) is 26.1 Å². The molecule has 0 spiro atoms. The monoisotopic (exact) mass is 171 g/mol. The van der Waals surface area contributed by atoms with Gasteiger partial charge in [-0.1, -0.05) is 0 Å². The highest BCUT2D eigenvalue weighted by Crippen LogP contribution is 2.09. The summed E-state index contributed by atoms with van der Waals surface area (Å²) in [7, 11) is 0. The standard InChI is InChI=1S/C8H17N3O/c9-8(10)3-6-11-4-1-7(12)2-5-11/h7,12H,1-6H2,(H3,9,10). The molecule has 1 saturated heterocycles. The number of rotatable bonds is 3. The minimum Gasteiger partial charge on any atom is -0.393 e. The molecule has 0 aromatic rings. The van der Waals surface area contributed by atoms with Gasteiger partial charge in [-0.3, -0.25) is 5.41 Å². The summed E-state index contributed by atoms with van der Waals surface area (Å²) in [6.45, 7) is 2.74. The zero-order valence-electron chi connectivity index (χ0n) is 7.29. The molecule has 0 aliphatic carbocycles. The second-order valence-electron chi connectivity index (χ2n) is 3.35. The van der Waals surface area contributed by atoms with E-state index >= 15 is 0 Å². The average Bonchev–Trinajstić information content (AvgIpc) is 2.03. The van der Waals surface area contributed by atoms with Gasteiger partial charge in [-0.15, -0.1) is 0 Å². The molecule has 1 aliphatic rings. The predicted molar refractivity (Wildman–Crippen MR) is 48.2 cm³/mol. The number of nitrogens with zero attached hydrogens (tertiary/aromatic N) is 1. The van der Waals surface area contributed by atoms with Crippen molar-refractivity contribution in [3.63, 3.8) is 0 Å². The van der Waals surface area contributed by atoms with Crippen LogP contribution in [0.15, 0.2) is 0 Å². The maximum absolute atomic E-state index is 9.21. The number of hydrogen-bond donors (Lipinski definition) is 3. The lowest BCUT2D eigenvalue weighted by Gasteiger charge is -2.29. The van der Waals surface area contributed by atoms with Crippen LogP contribution in [0.3, 0.4) is 0 Å². The quantitative estimate of drug-likeness (QED) is 0.405. The van der Waals surface area contributed by atoms with Crippen LogP contribution in [-0.2, 0) is 0 Å². The number of piperidine rings is 1. The molecule has 1 rings (SSSR count). The maximum Gasteiger partial charge on any atom is 0.0918 e. The predicted octanol–water partition coefficient (Wildman–Crippen LogP) is -0.231. The fourth-order valence-corrected chi connectivity index (χ4v) is 1.42. The molecule has 0 radical (unpaired) electrons. The summed E-state index contributed by atoms with van der Waals surface area (Å²) in [5.74, 6) is 0.251. The Bertz CT molecular complexity index is 152. The van der Waals surface area contributed by atoms with Gasteiger partial charge in [0.05, 0.1) is 11.9 Å². The van der Waals surface area contributed by atoms with Gasteiger partial charge < -0.3 is 15.7 Å². The second-order valence-corrected chi connectivity index (χ2v) is 3.35. The Morgan fingerprint density at radius 3 is 2.58 bits per heavy atom. The van der Waals surface area contributed by atoms with Crippen molar-refractivity contribution in [2.45, 2.75) is 25.4 Å². The Balaban J connectivity index is 2.13. The molecule has 12 heavy (non-hydrogen) atoms. The molecule has 0 aromatic heterocycles. The lowest BCUT2D eigenvalue weighted by atomic mass is 10.1.